The van der Waals surface area contributed by atoms with E-state index >= 15 is 0 Å². The van der Waals surface area contributed by atoms with Crippen molar-refractivity contribution in [2.75, 3.05) is 6.54 Å². The molecule has 35 heavy (non-hydrogen) atoms. The zero-order chi connectivity index (χ0) is 24.5. The molecule has 0 radical (unpaired) electrons. The Kier molecular flexibility index (Phi) is 6.27. The van der Waals surface area contributed by atoms with Crippen molar-refractivity contribution in [3.63, 3.8) is 0 Å². The molecule has 178 valence electrons. The van der Waals surface area contributed by atoms with Crippen molar-refractivity contribution in [1.82, 2.24) is 5.32 Å². The van der Waals surface area contributed by atoms with Gasteiger partial charge in [-0.1, -0.05) is 60.7 Å². The molecular weight excluding hydrogens is 441 g/mol. The zero-order valence-corrected chi connectivity index (χ0v) is 19.8. The van der Waals surface area contributed by atoms with E-state index in [0.717, 1.165) is 39.8 Å². The van der Waals surface area contributed by atoms with E-state index in [1.165, 1.54) is 6.07 Å². The molecule has 4 nitrogen and oxygen atoms in total. The average molecular weight is 470 g/mol. The molecule has 1 unspecified atom stereocenters. The molecular formula is C30H28FNO3. The van der Waals surface area contributed by atoms with Gasteiger partial charge in [0.1, 0.15) is 17.7 Å². The number of rotatable bonds is 6. The highest BCUT2D eigenvalue weighted by atomic mass is 19.1. The number of fused-ring (bicyclic) bond motifs is 2. The van der Waals surface area contributed by atoms with Crippen LogP contribution in [-0.2, 0) is 0 Å². The highest BCUT2D eigenvalue weighted by Gasteiger charge is 2.30. The molecule has 0 amide bonds. The summed E-state index contributed by atoms with van der Waals surface area (Å²) in [5.41, 5.74) is 4.17. The SMILES string of the molecule is Cc1ccc(C2C[C@H](CN[C@H](C)c3ccc(F)c4ccccc34)Oc3ccccc32)cc1C(=O)O. The number of aromatic carboxylic acids is 1. The lowest BCUT2D eigenvalue weighted by molar-refractivity contribution is 0.0696. The summed E-state index contributed by atoms with van der Waals surface area (Å²) in [7, 11) is 0. The van der Waals surface area contributed by atoms with Crippen LogP contribution in [0.3, 0.4) is 0 Å². The average Bonchev–Trinajstić information content (AvgIpc) is 2.87. The third-order valence-corrected chi connectivity index (χ3v) is 7.00. The molecule has 1 aliphatic rings. The lowest BCUT2D eigenvalue weighted by Crippen LogP contribution is -2.37. The maximum absolute atomic E-state index is 14.3. The maximum Gasteiger partial charge on any atom is 0.335 e. The van der Waals surface area contributed by atoms with Crippen molar-refractivity contribution in [2.24, 2.45) is 0 Å². The Morgan fingerprint density at radius 3 is 2.60 bits per heavy atom. The van der Waals surface area contributed by atoms with Crippen LogP contribution < -0.4 is 10.1 Å². The van der Waals surface area contributed by atoms with E-state index in [9.17, 15) is 14.3 Å². The highest BCUT2D eigenvalue weighted by Crippen LogP contribution is 2.41. The van der Waals surface area contributed by atoms with Gasteiger partial charge in [-0.05, 0) is 60.5 Å². The predicted octanol–water partition coefficient (Wildman–Crippen LogP) is 6.62. The van der Waals surface area contributed by atoms with Gasteiger partial charge in [0.2, 0.25) is 0 Å². The molecule has 4 aromatic carbocycles. The molecule has 4 aromatic rings. The van der Waals surface area contributed by atoms with Crippen molar-refractivity contribution in [2.45, 2.75) is 38.3 Å². The van der Waals surface area contributed by atoms with Crippen LogP contribution in [0.2, 0.25) is 0 Å². The van der Waals surface area contributed by atoms with Crippen LogP contribution >= 0.6 is 0 Å². The topological polar surface area (TPSA) is 58.6 Å². The first kappa shape index (κ1) is 23.1. The number of carboxylic acid groups (broad SMARTS) is 1. The molecule has 0 spiro atoms. The first-order valence-electron chi connectivity index (χ1n) is 11.9. The molecule has 1 heterocycles. The van der Waals surface area contributed by atoms with Crippen LogP contribution in [0, 0.1) is 12.7 Å². The number of para-hydroxylation sites is 1. The van der Waals surface area contributed by atoms with Crippen LogP contribution in [0.4, 0.5) is 4.39 Å². The minimum Gasteiger partial charge on any atom is -0.489 e. The van der Waals surface area contributed by atoms with Crippen LogP contribution in [0.1, 0.15) is 57.9 Å². The molecule has 0 aliphatic carbocycles. The van der Waals surface area contributed by atoms with E-state index in [2.05, 4.69) is 18.3 Å². The van der Waals surface area contributed by atoms with E-state index in [1.807, 2.05) is 61.5 Å². The number of carbonyl (C=O) groups is 1. The van der Waals surface area contributed by atoms with Crippen LogP contribution in [-0.4, -0.2) is 23.7 Å². The number of aryl methyl sites for hydroxylation is 1. The largest absolute Gasteiger partial charge is 0.489 e. The lowest BCUT2D eigenvalue weighted by Gasteiger charge is -2.33. The Labute approximate surface area is 204 Å². The molecule has 0 bridgehead atoms. The van der Waals surface area contributed by atoms with E-state index in [1.54, 1.807) is 12.1 Å². The molecule has 2 N–H and O–H groups in total. The molecule has 0 fully saturated rings. The molecule has 5 heteroatoms. The number of halogens is 1. The number of nitrogens with one attached hydrogen (secondary N) is 1. The molecule has 1 aliphatic heterocycles. The van der Waals surface area contributed by atoms with Crippen molar-refractivity contribution >= 4 is 16.7 Å². The molecule has 3 atom stereocenters. The van der Waals surface area contributed by atoms with Crippen molar-refractivity contribution in [3.05, 3.63) is 112 Å². The summed E-state index contributed by atoms with van der Waals surface area (Å²) in [6.07, 6.45) is 0.627. The highest BCUT2D eigenvalue weighted by molar-refractivity contribution is 5.89. The van der Waals surface area contributed by atoms with Crippen molar-refractivity contribution in [1.29, 1.82) is 0 Å². The smallest absolute Gasteiger partial charge is 0.335 e. The molecule has 5 rings (SSSR count). The second-order valence-corrected chi connectivity index (χ2v) is 9.26. The summed E-state index contributed by atoms with van der Waals surface area (Å²) in [6.45, 7) is 4.50. The first-order valence-corrected chi connectivity index (χ1v) is 11.9. The summed E-state index contributed by atoms with van der Waals surface area (Å²) >= 11 is 0. The minimum absolute atomic E-state index is 0.00212. The van der Waals surface area contributed by atoms with Gasteiger partial charge in [0.15, 0.2) is 0 Å². The second kappa shape index (κ2) is 9.51. The monoisotopic (exact) mass is 469 g/mol. The number of carboxylic acids is 1. The summed E-state index contributed by atoms with van der Waals surface area (Å²) in [5, 5.41) is 14.7. The van der Waals surface area contributed by atoms with Crippen LogP contribution in [0.5, 0.6) is 5.75 Å². The lowest BCUT2D eigenvalue weighted by atomic mass is 9.83. The first-order chi connectivity index (χ1) is 16.9. The van der Waals surface area contributed by atoms with E-state index in [0.29, 0.717) is 17.5 Å². The van der Waals surface area contributed by atoms with Gasteiger partial charge in [-0.25, -0.2) is 9.18 Å². The van der Waals surface area contributed by atoms with Gasteiger partial charge in [-0.15, -0.1) is 0 Å². The van der Waals surface area contributed by atoms with Crippen LogP contribution in [0.25, 0.3) is 10.8 Å². The third-order valence-electron chi connectivity index (χ3n) is 7.00. The van der Waals surface area contributed by atoms with Crippen molar-refractivity contribution < 1.29 is 19.0 Å². The van der Waals surface area contributed by atoms with E-state index < -0.39 is 5.97 Å². The van der Waals surface area contributed by atoms with Gasteiger partial charge in [-0.2, -0.15) is 0 Å². The Morgan fingerprint density at radius 2 is 1.80 bits per heavy atom. The Morgan fingerprint density at radius 1 is 1.06 bits per heavy atom. The van der Waals surface area contributed by atoms with Gasteiger partial charge in [0, 0.05) is 29.5 Å². The molecule has 0 saturated carbocycles. The molecule has 0 saturated heterocycles. The quantitative estimate of drug-likeness (QED) is 0.333. The number of ether oxygens (including phenoxy) is 1. The normalized spacial score (nSPS) is 18.0. The number of hydrogen-bond donors (Lipinski definition) is 2. The van der Waals surface area contributed by atoms with E-state index in [4.69, 9.17) is 4.74 Å². The van der Waals surface area contributed by atoms with Crippen LogP contribution in [0.15, 0.2) is 78.9 Å². The fourth-order valence-corrected chi connectivity index (χ4v) is 5.10. The second-order valence-electron chi connectivity index (χ2n) is 9.26. The fourth-order valence-electron chi connectivity index (χ4n) is 5.10. The summed E-state index contributed by atoms with van der Waals surface area (Å²) < 4.78 is 20.6. The maximum atomic E-state index is 14.3. The third kappa shape index (κ3) is 4.52. The van der Waals surface area contributed by atoms with Crippen molar-refractivity contribution in [3.8, 4) is 5.75 Å². The summed E-state index contributed by atoms with van der Waals surface area (Å²) in [4.78, 5) is 11.7. The van der Waals surface area contributed by atoms with Gasteiger partial charge in [0.05, 0.1) is 5.56 Å². The summed E-state index contributed by atoms with van der Waals surface area (Å²) in [5.74, 6) is -0.269. The van der Waals surface area contributed by atoms with Gasteiger partial charge in [0.25, 0.3) is 0 Å². The zero-order valence-electron chi connectivity index (χ0n) is 19.8. The Hall–Kier alpha value is -3.70. The standard InChI is InChI=1S/C30H28FNO3/c1-18-11-12-20(15-26(18)30(33)34)27-16-21(35-29-10-6-5-9-25(27)29)17-32-19(2)22-13-14-28(31)24-8-4-3-7-23(22)24/h3-15,19,21,27,32H,16-17H2,1-2H3,(H,33,34)/t19-,21-,27?/m1/s1. The van der Waals surface area contributed by atoms with Gasteiger partial charge in [-0.3, -0.25) is 0 Å². The number of benzene rings is 4. The Bertz CT molecular complexity index is 1400. The van der Waals surface area contributed by atoms with Gasteiger partial charge >= 0.3 is 5.97 Å². The van der Waals surface area contributed by atoms with E-state index in [-0.39, 0.29) is 23.9 Å². The molecule has 0 aromatic heterocycles. The summed E-state index contributed by atoms with van der Waals surface area (Å²) in [6, 6.07) is 24.6. The van der Waals surface area contributed by atoms with Gasteiger partial charge < -0.3 is 15.2 Å². The number of hydrogen-bond acceptors (Lipinski definition) is 3. The minimum atomic E-state index is -0.914. The fraction of sp³-hybridized carbons (Fsp3) is 0.233. The Balaban J connectivity index is 1.39. The predicted molar refractivity (Wildman–Crippen MR) is 136 cm³/mol.